The predicted octanol–water partition coefficient (Wildman–Crippen LogP) is 1.46. The van der Waals surface area contributed by atoms with Gasteiger partial charge in [-0.25, -0.2) is 0 Å². The molecule has 0 aliphatic carbocycles. The molecule has 72 valence electrons. The van der Waals surface area contributed by atoms with Gasteiger partial charge in [0.1, 0.15) is 0 Å². The van der Waals surface area contributed by atoms with Gasteiger partial charge in [0.25, 0.3) is 0 Å². The minimum atomic E-state index is 0.774. The summed E-state index contributed by atoms with van der Waals surface area (Å²) in [6, 6.07) is 0. The van der Waals surface area contributed by atoms with E-state index in [1.54, 1.807) is 0 Å². The Balaban J connectivity index is 2.16. The van der Waals surface area contributed by atoms with Crippen LogP contribution in [0.4, 0.5) is 0 Å². The maximum atomic E-state index is 5.67. The second kappa shape index (κ2) is 5.55. The summed E-state index contributed by atoms with van der Waals surface area (Å²) in [4.78, 5) is 2.57. The SMILES string of the molecule is CCCCN1CCCC(CN)C1. The molecule has 0 amide bonds. The van der Waals surface area contributed by atoms with Crippen LogP contribution in [0.1, 0.15) is 32.6 Å². The molecule has 1 fully saturated rings. The summed E-state index contributed by atoms with van der Waals surface area (Å²) >= 11 is 0. The maximum absolute atomic E-state index is 5.67. The highest BCUT2D eigenvalue weighted by Crippen LogP contribution is 2.15. The lowest BCUT2D eigenvalue weighted by atomic mass is 9.98. The van der Waals surface area contributed by atoms with Crippen molar-refractivity contribution in [3.05, 3.63) is 0 Å². The summed E-state index contributed by atoms with van der Waals surface area (Å²) in [6.07, 6.45) is 5.35. The Morgan fingerprint density at radius 2 is 2.33 bits per heavy atom. The van der Waals surface area contributed by atoms with Crippen LogP contribution in [0.25, 0.3) is 0 Å². The average Bonchev–Trinajstić information content (AvgIpc) is 2.15. The normalized spacial score (nSPS) is 26.0. The first-order valence-corrected chi connectivity index (χ1v) is 5.29. The summed E-state index contributed by atoms with van der Waals surface area (Å²) in [7, 11) is 0. The van der Waals surface area contributed by atoms with E-state index in [4.69, 9.17) is 5.73 Å². The number of unbranched alkanes of at least 4 members (excludes halogenated alkanes) is 1. The van der Waals surface area contributed by atoms with E-state index in [1.807, 2.05) is 0 Å². The van der Waals surface area contributed by atoms with Gasteiger partial charge in [0.05, 0.1) is 0 Å². The minimum Gasteiger partial charge on any atom is -0.330 e. The molecule has 2 N–H and O–H groups in total. The zero-order chi connectivity index (χ0) is 8.81. The third kappa shape index (κ3) is 3.11. The molecule has 1 aliphatic heterocycles. The van der Waals surface area contributed by atoms with Crippen LogP contribution in [0, 0.1) is 5.92 Å². The Morgan fingerprint density at radius 3 is 3.00 bits per heavy atom. The quantitative estimate of drug-likeness (QED) is 0.692. The Bertz CT molecular complexity index is 114. The number of nitrogens with two attached hydrogens (primary N) is 1. The fourth-order valence-corrected chi connectivity index (χ4v) is 1.93. The summed E-state index contributed by atoms with van der Waals surface area (Å²) in [6.45, 7) is 6.97. The van der Waals surface area contributed by atoms with E-state index >= 15 is 0 Å². The van der Waals surface area contributed by atoms with Crippen molar-refractivity contribution in [2.24, 2.45) is 11.7 Å². The Kier molecular flexibility index (Phi) is 4.62. The van der Waals surface area contributed by atoms with Crippen LogP contribution in [-0.2, 0) is 0 Å². The van der Waals surface area contributed by atoms with Gasteiger partial charge in [-0.1, -0.05) is 13.3 Å². The van der Waals surface area contributed by atoms with Gasteiger partial charge in [-0.05, 0) is 44.8 Å². The van der Waals surface area contributed by atoms with Crippen molar-refractivity contribution in [3.8, 4) is 0 Å². The highest BCUT2D eigenvalue weighted by Gasteiger charge is 2.17. The summed E-state index contributed by atoms with van der Waals surface area (Å²) in [5, 5.41) is 0. The van der Waals surface area contributed by atoms with E-state index in [-0.39, 0.29) is 0 Å². The van der Waals surface area contributed by atoms with Crippen molar-refractivity contribution in [1.29, 1.82) is 0 Å². The molecular formula is C10H22N2. The van der Waals surface area contributed by atoms with E-state index in [2.05, 4.69) is 11.8 Å². The van der Waals surface area contributed by atoms with E-state index in [0.29, 0.717) is 0 Å². The lowest BCUT2D eigenvalue weighted by Crippen LogP contribution is -2.38. The molecule has 1 aliphatic rings. The van der Waals surface area contributed by atoms with Gasteiger partial charge in [-0.15, -0.1) is 0 Å². The molecule has 1 heterocycles. The number of rotatable bonds is 4. The Hall–Kier alpha value is -0.0800. The molecule has 1 rings (SSSR count). The van der Waals surface area contributed by atoms with E-state index in [1.165, 1.54) is 45.3 Å². The van der Waals surface area contributed by atoms with Crippen LogP contribution in [0.15, 0.2) is 0 Å². The molecule has 0 aromatic carbocycles. The standard InChI is InChI=1S/C10H22N2/c1-2-3-6-12-7-4-5-10(8-11)9-12/h10H,2-9,11H2,1H3. The first-order valence-electron chi connectivity index (χ1n) is 5.29. The first-order chi connectivity index (χ1) is 5.86. The van der Waals surface area contributed by atoms with Gasteiger partial charge in [-0.2, -0.15) is 0 Å². The van der Waals surface area contributed by atoms with Gasteiger partial charge in [-0.3, -0.25) is 0 Å². The maximum Gasteiger partial charge on any atom is 0.00217 e. The molecule has 1 saturated heterocycles. The highest BCUT2D eigenvalue weighted by atomic mass is 15.1. The smallest absolute Gasteiger partial charge is 0.00217 e. The molecule has 0 radical (unpaired) electrons. The molecule has 12 heavy (non-hydrogen) atoms. The molecule has 2 heteroatoms. The van der Waals surface area contributed by atoms with Crippen molar-refractivity contribution in [2.45, 2.75) is 32.6 Å². The summed E-state index contributed by atoms with van der Waals surface area (Å²) in [5.41, 5.74) is 5.67. The van der Waals surface area contributed by atoms with Crippen LogP contribution < -0.4 is 5.73 Å². The van der Waals surface area contributed by atoms with Crippen LogP contribution in [0.3, 0.4) is 0 Å². The van der Waals surface area contributed by atoms with Crippen LogP contribution in [-0.4, -0.2) is 31.1 Å². The van der Waals surface area contributed by atoms with Gasteiger partial charge >= 0.3 is 0 Å². The second-order valence-electron chi connectivity index (χ2n) is 3.90. The minimum absolute atomic E-state index is 0.774. The zero-order valence-corrected chi connectivity index (χ0v) is 8.26. The fraction of sp³-hybridized carbons (Fsp3) is 1.00. The van der Waals surface area contributed by atoms with Crippen molar-refractivity contribution < 1.29 is 0 Å². The predicted molar refractivity (Wildman–Crippen MR) is 53.1 cm³/mol. The molecule has 0 aromatic heterocycles. The zero-order valence-electron chi connectivity index (χ0n) is 8.26. The second-order valence-corrected chi connectivity index (χ2v) is 3.90. The van der Waals surface area contributed by atoms with Crippen molar-refractivity contribution in [3.63, 3.8) is 0 Å². The largest absolute Gasteiger partial charge is 0.330 e. The van der Waals surface area contributed by atoms with E-state index < -0.39 is 0 Å². The highest BCUT2D eigenvalue weighted by molar-refractivity contribution is 4.72. The molecule has 2 nitrogen and oxygen atoms in total. The van der Waals surface area contributed by atoms with Crippen molar-refractivity contribution in [2.75, 3.05) is 26.2 Å². The summed E-state index contributed by atoms with van der Waals surface area (Å²) < 4.78 is 0. The third-order valence-electron chi connectivity index (χ3n) is 2.76. The number of likely N-dealkylation sites (tertiary alicyclic amines) is 1. The van der Waals surface area contributed by atoms with Crippen LogP contribution in [0.5, 0.6) is 0 Å². The van der Waals surface area contributed by atoms with Gasteiger partial charge in [0.2, 0.25) is 0 Å². The lowest BCUT2D eigenvalue weighted by molar-refractivity contribution is 0.176. The molecular weight excluding hydrogens is 148 g/mol. The Labute approximate surface area is 76.1 Å². The number of hydrogen-bond donors (Lipinski definition) is 1. The van der Waals surface area contributed by atoms with Crippen LogP contribution >= 0.6 is 0 Å². The third-order valence-corrected chi connectivity index (χ3v) is 2.76. The average molecular weight is 170 g/mol. The number of hydrogen-bond acceptors (Lipinski definition) is 2. The monoisotopic (exact) mass is 170 g/mol. The number of nitrogens with zero attached hydrogens (tertiary/aromatic N) is 1. The van der Waals surface area contributed by atoms with E-state index in [0.717, 1.165) is 12.5 Å². The molecule has 0 saturated carbocycles. The van der Waals surface area contributed by atoms with Gasteiger partial charge in [0, 0.05) is 6.54 Å². The van der Waals surface area contributed by atoms with Crippen LogP contribution in [0.2, 0.25) is 0 Å². The number of piperidine rings is 1. The fourth-order valence-electron chi connectivity index (χ4n) is 1.93. The topological polar surface area (TPSA) is 29.3 Å². The van der Waals surface area contributed by atoms with Gasteiger partial charge < -0.3 is 10.6 Å². The molecule has 0 aromatic rings. The van der Waals surface area contributed by atoms with Crippen molar-refractivity contribution in [1.82, 2.24) is 4.90 Å². The van der Waals surface area contributed by atoms with Gasteiger partial charge in [0.15, 0.2) is 0 Å². The molecule has 1 atom stereocenters. The molecule has 1 unspecified atom stereocenters. The molecule has 0 spiro atoms. The van der Waals surface area contributed by atoms with E-state index in [9.17, 15) is 0 Å². The van der Waals surface area contributed by atoms with Crippen molar-refractivity contribution >= 4 is 0 Å². The lowest BCUT2D eigenvalue weighted by Gasteiger charge is -2.31. The molecule has 0 bridgehead atoms. The summed E-state index contributed by atoms with van der Waals surface area (Å²) in [5.74, 6) is 0.774. The first kappa shape index (κ1) is 10.0. The Morgan fingerprint density at radius 1 is 1.50 bits per heavy atom.